The first-order valence-electron chi connectivity index (χ1n) is 6.01. The standard InChI is InChI=1S/C13H16N2O5S/c1-9(7-14)8-15(2)21(18,19)12-6-10(13(16)17)4-5-11(12)20-3/h4-6,9H,8H2,1-3H3,(H,16,17). The van der Waals surface area contributed by atoms with Crippen LogP contribution in [0.25, 0.3) is 0 Å². The molecule has 7 nitrogen and oxygen atoms in total. The van der Waals surface area contributed by atoms with Crippen LogP contribution in [0.15, 0.2) is 23.1 Å². The Morgan fingerprint density at radius 3 is 2.62 bits per heavy atom. The average Bonchev–Trinajstić information content (AvgIpc) is 2.45. The van der Waals surface area contributed by atoms with E-state index in [1.807, 2.05) is 6.07 Å². The van der Waals surface area contributed by atoms with E-state index in [9.17, 15) is 13.2 Å². The van der Waals surface area contributed by atoms with Crippen LogP contribution >= 0.6 is 0 Å². The number of methoxy groups -OCH3 is 1. The van der Waals surface area contributed by atoms with Crippen molar-refractivity contribution in [2.75, 3.05) is 20.7 Å². The van der Waals surface area contributed by atoms with E-state index < -0.39 is 21.9 Å². The molecule has 0 aliphatic rings. The Hall–Kier alpha value is -2.11. The Labute approximate surface area is 123 Å². The van der Waals surface area contributed by atoms with Crippen molar-refractivity contribution < 1.29 is 23.1 Å². The lowest BCUT2D eigenvalue weighted by atomic mass is 10.2. The number of hydrogen-bond donors (Lipinski definition) is 1. The SMILES string of the molecule is COc1ccc(C(=O)O)cc1S(=O)(=O)N(C)CC(C)C#N. The van der Waals surface area contributed by atoms with Crippen molar-refractivity contribution in [1.29, 1.82) is 5.26 Å². The maximum absolute atomic E-state index is 12.5. The largest absolute Gasteiger partial charge is 0.495 e. The van der Waals surface area contributed by atoms with Crippen molar-refractivity contribution in [1.82, 2.24) is 4.31 Å². The van der Waals surface area contributed by atoms with E-state index in [1.165, 1.54) is 26.3 Å². The molecule has 0 spiro atoms. The number of benzene rings is 1. The molecule has 0 bridgehead atoms. The molecule has 1 rings (SSSR count). The highest BCUT2D eigenvalue weighted by atomic mass is 32.2. The third kappa shape index (κ3) is 3.71. The number of rotatable bonds is 6. The third-order valence-electron chi connectivity index (χ3n) is 2.85. The molecular weight excluding hydrogens is 296 g/mol. The van der Waals surface area contributed by atoms with Gasteiger partial charge in [0.2, 0.25) is 10.0 Å². The van der Waals surface area contributed by atoms with Gasteiger partial charge < -0.3 is 9.84 Å². The molecule has 0 fully saturated rings. The first kappa shape index (κ1) is 16.9. The number of carbonyl (C=O) groups is 1. The van der Waals surface area contributed by atoms with Crippen LogP contribution in [0.3, 0.4) is 0 Å². The minimum absolute atomic E-state index is 0.000708. The van der Waals surface area contributed by atoms with Gasteiger partial charge in [-0.25, -0.2) is 13.2 Å². The molecule has 1 aromatic rings. The highest BCUT2D eigenvalue weighted by Crippen LogP contribution is 2.27. The van der Waals surface area contributed by atoms with Crippen LogP contribution in [0.4, 0.5) is 0 Å². The van der Waals surface area contributed by atoms with Crippen molar-refractivity contribution in [3.05, 3.63) is 23.8 Å². The van der Waals surface area contributed by atoms with E-state index >= 15 is 0 Å². The molecule has 1 N–H and O–H groups in total. The van der Waals surface area contributed by atoms with Crippen molar-refractivity contribution in [2.45, 2.75) is 11.8 Å². The molecule has 0 aliphatic carbocycles. The zero-order valence-electron chi connectivity index (χ0n) is 11.9. The van der Waals surface area contributed by atoms with Crippen LogP contribution < -0.4 is 4.74 Å². The lowest BCUT2D eigenvalue weighted by Crippen LogP contribution is -2.31. The van der Waals surface area contributed by atoms with E-state index in [4.69, 9.17) is 15.1 Å². The van der Waals surface area contributed by atoms with Gasteiger partial charge in [-0.15, -0.1) is 0 Å². The molecular formula is C13H16N2O5S. The van der Waals surface area contributed by atoms with Crippen LogP contribution in [0.2, 0.25) is 0 Å². The maximum Gasteiger partial charge on any atom is 0.335 e. The summed E-state index contributed by atoms with van der Waals surface area (Å²) in [5.74, 6) is -1.67. The lowest BCUT2D eigenvalue weighted by Gasteiger charge is -2.20. The molecule has 21 heavy (non-hydrogen) atoms. The van der Waals surface area contributed by atoms with Gasteiger partial charge >= 0.3 is 5.97 Å². The van der Waals surface area contributed by atoms with Gasteiger partial charge in [0.05, 0.1) is 24.7 Å². The van der Waals surface area contributed by atoms with Crippen LogP contribution in [0, 0.1) is 17.2 Å². The van der Waals surface area contributed by atoms with Gasteiger partial charge in [0.15, 0.2) is 0 Å². The molecule has 114 valence electrons. The third-order valence-corrected chi connectivity index (χ3v) is 4.69. The number of aromatic carboxylic acids is 1. The summed E-state index contributed by atoms with van der Waals surface area (Å²) in [6.07, 6.45) is 0. The molecule has 0 aromatic heterocycles. The van der Waals surface area contributed by atoms with Gasteiger partial charge in [0, 0.05) is 13.6 Å². The number of sulfonamides is 1. The fourth-order valence-electron chi connectivity index (χ4n) is 1.70. The first-order chi connectivity index (χ1) is 9.73. The van der Waals surface area contributed by atoms with Crippen LogP contribution in [0.5, 0.6) is 5.75 Å². The number of ether oxygens (including phenoxy) is 1. The molecule has 1 unspecified atom stereocenters. The number of nitriles is 1. The summed E-state index contributed by atoms with van der Waals surface area (Å²) in [6.45, 7) is 1.59. The summed E-state index contributed by atoms with van der Waals surface area (Å²) >= 11 is 0. The minimum Gasteiger partial charge on any atom is -0.495 e. The molecule has 0 amide bonds. The summed E-state index contributed by atoms with van der Waals surface area (Å²) in [4.78, 5) is 10.7. The van der Waals surface area contributed by atoms with Crippen molar-refractivity contribution in [3.8, 4) is 11.8 Å². The Bertz CT molecular complexity index is 678. The second-order valence-corrected chi connectivity index (χ2v) is 6.50. The summed E-state index contributed by atoms with van der Waals surface area (Å²) in [7, 11) is -1.32. The van der Waals surface area contributed by atoms with Crippen LogP contribution in [-0.2, 0) is 10.0 Å². The number of carboxylic acids is 1. The minimum atomic E-state index is -3.95. The fourth-order valence-corrected chi connectivity index (χ4v) is 3.14. The smallest absolute Gasteiger partial charge is 0.335 e. The molecule has 1 aromatic carbocycles. The molecule has 8 heteroatoms. The van der Waals surface area contributed by atoms with E-state index in [-0.39, 0.29) is 22.8 Å². The van der Waals surface area contributed by atoms with Crippen molar-refractivity contribution in [2.24, 2.45) is 5.92 Å². The van der Waals surface area contributed by atoms with E-state index in [0.29, 0.717) is 0 Å². The second-order valence-electron chi connectivity index (χ2n) is 4.49. The predicted octanol–water partition coefficient (Wildman–Crippen LogP) is 1.17. The molecule has 0 aliphatic heterocycles. The Morgan fingerprint density at radius 1 is 1.52 bits per heavy atom. The van der Waals surface area contributed by atoms with Gasteiger partial charge in [0.25, 0.3) is 0 Å². The average molecular weight is 312 g/mol. The normalized spacial score (nSPS) is 12.7. The molecule has 0 saturated carbocycles. The summed E-state index contributed by atoms with van der Waals surface area (Å²) in [5.41, 5.74) is -0.156. The highest BCUT2D eigenvalue weighted by molar-refractivity contribution is 7.89. The summed E-state index contributed by atoms with van der Waals surface area (Å²) in [5, 5.41) is 17.7. The van der Waals surface area contributed by atoms with Gasteiger partial charge in [-0.2, -0.15) is 9.57 Å². The second kappa shape index (κ2) is 6.56. The van der Waals surface area contributed by atoms with Crippen molar-refractivity contribution >= 4 is 16.0 Å². The molecule has 0 saturated heterocycles. The summed E-state index contributed by atoms with van der Waals surface area (Å²) in [6, 6.07) is 5.54. The van der Waals surface area contributed by atoms with E-state index in [0.717, 1.165) is 10.4 Å². The van der Waals surface area contributed by atoms with Gasteiger partial charge in [-0.1, -0.05) is 0 Å². The maximum atomic E-state index is 12.5. The van der Waals surface area contributed by atoms with Crippen molar-refractivity contribution in [3.63, 3.8) is 0 Å². The number of carboxylic acid groups (broad SMARTS) is 1. The topological polar surface area (TPSA) is 108 Å². The van der Waals surface area contributed by atoms with Gasteiger partial charge in [-0.05, 0) is 25.1 Å². The quantitative estimate of drug-likeness (QED) is 0.845. The fraction of sp³-hybridized carbons (Fsp3) is 0.385. The van der Waals surface area contributed by atoms with Gasteiger partial charge in [0.1, 0.15) is 10.6 Å². The van der Waals surface area contributed by atoms with Crippen LogP contribution in [0.1, 0.15) is 17.3 Å². The molecule has 0 radical (unpaired) electrons. The zero-order chi connectivity index (χ0) is 16.2. The van der Waals surface area contributed by atoms with E-state index in [1.54, 1.807) is 6.92 Å². The Balaban J connectivity index is 3.32. The number of nitrogens with zero attached hydrogens (tertiary/aromatic N) is 2. The molecule has 0 heterocycles. The lowest BCUT2D eigenvalue weighted by molar-refractivity contribution is 0.0696. The zero-order valence-corrected chi connectivity index (χ0v) is 12.7. The Kier molecular flexibility index (Phi) is 5.29. The summed E-state index contributed by atoms with van der Waals surface area (Å²) < 4.78 is 31.0. The first-order valence-corrected chi connectivity index (χ1v) is 7.45. The van der Waals surface area contributed by atoms with Crippen LogP contribution in [-0.4, -0.2) is 44.5 Å². The molecule has 1 atom stereocenters. The number of hydrogen-bond acceptors (Lipinski definition) is 5. The monoisotopic (exact) mass is 312 g/mol. The Morgan fingerprint density at radius 2 is 2.14 bits per heavy atom. The highest BCUT2D eigenvalue weighted by Gasteiger charge is 2.27. The van der Waals surface area contributed by atoms with Gasteiger partial charge in [-0.3, -0.25) is 0 Å². The predicted molar refractivity (Wildman–Crippen MR) is 74.5 cm³/mol. The van der Waals surface area contributed by atoms with E-state index in [2.05, 4.69) is 0 Å².